The average Bonchev–Trinajstić information content (AvgIpc) is 2.12. The van der Waals surface area contributed by atoms with Crippen LogP contribution in [0.3, 0.4) is 0 Å². The molecule has 1 aliphatic heterocycles. The van der Waals surface area contributed by atoms with Crippen molar-refractivity contribution in [1.29, 1.82) is 0 Å². The summed E-state index contributed by atoms with van der Waals surface area (Å²) >= 11 is 0. The van der Waals surface area contributed by atoms with Gasteiger partial charge in [-0.3, -0.25) is 4.79 Å². The van der Waals surface area contributed by atoms with E-state index >= 15 is 0 Å². The van der Waals surface area contributed by atoms with Crippen molar-refractivity contribution in [1.82, 2.24) is 5.32 Å². The first-order chi connectivity index (χ1) is 6.99. The zero-order chi connectivity index (χ0) is 11.4. The van der Waals surface area contributed by atoms with E-state index in [1.54, 1.807) is 0 Å². The Kier molecular flexibility index (Phi) is 4.54. The molecule has 0 aromatic carbocycles. The van der Waals surface area contributed by atoms with Crippen LogP contribution < -0.4 is 11.1 Å². The molecule has 0 aromatic heterocycles. The van der Waals surface area contributed by atoms with Crippen molar-refractivity contribution in [3.05, 3.63) is 0 Å². The lowest BCUT2D eigenvalue weighted by Gasteiger charge is -2.31. The van der Waals surface area contributed by atoms with Gasteiger partial charge in [-0.2, -0.15) is 0 Å². The first kappa shape index (κ1) is 12.5. The molecular weight excluding hydrogens is 192 g/mol. The molecule has 0 saturated carbocycles. The zero-order valence-corrected chi connectivity index (χ0v) is 9.82. The Morgan fingerprint density at radius 3 is 2.47 bits per heavy atom. The molecule has 1 fully saturated rings. The van der Waals surface area contributed by atoms with Crippen molar-refractivity contribution < 1.29 is 9.53 Å². The zero-order valence-electron chi connectivity index (χ0n) is 9.82. The van der Waals surface area contributed by atoms with Crippen LogP contribution >= 0.6 is 0 Å². The fraction of sp³-hybridized carbons (Fsp3) is 0.909. The summed E-state index contributed by atoms with van der Waals surface area (Å²) in [7, 11) is 0. The van der Waals surface area contributed by atoms with E-state index in [0.717, 1.165) is 12.8 Å². The largest absolute Gasteiger partial charge is 0.376 e. The predicted octanol–water partition coefficient (Wildman–Crippen LogP) is 0.653. The molecule has 15 heavy (non-hydrogen) atoms. The SMILES string of the molecule is CC(N)CNC(=O)C1CC(C)OC(C)C1. The van der Waals surface area contributed by atoms with Crippen molar-refractivity contribution in [2.24, 2.45) is 11.7 Å². The minimum Gasteiger partial charge on any atom is -0.376 e. The molecule has 3 unspecified atom stereocenters. The molecule has 1 amide bonds. The Morgan fingerprint density at radius 1 is 1.47 bits per heavy atom. The third-order valence-corrected chi connectivity index (χ3v) is 2.67. The molecule has 1 aliphatic rings. The van der Waals surface area contributed by atoms with Crippen LogP contribution in [-0.2, 0) is 9.53 Å². The lowest BCUT2D eigenvalue weighted by atomic mass is 9.92. The number of nitrogens with two attached hydrogens (primary N) is 1. The van der Waals surface area contributed by atoms with Gasteiger partial charge in [0.2, 0.25) is 5.91 Å². The van der Waals surface area contributed by atoms with Crippen LogP contribution in [0.15, 0.2) is 0 Å². The normalized spacial score (nSPS) is 33.5. The number of carbonyl (C=O) groups excluding carboxylic acids is 1. The predicted molar refractivity (Wildman–Crippen MR) is 59.4 cm³/mol. The Bertz CT molecular complexity index is 209. The van der Waals surface area contributed by atoms with Gasteiger partial charge in [-0.15, -0.1) is 0 Å². The van der Waals surface area contributed by atoms with Gasteiger partial charge in [0.15, 0.2) is 0 Å². The Labute approximate surface area is 91.5 Å². The lowest BCUT2D eigenvalue weighted by molar-refractivity contribution is -0.133. The summed E-state index contributed by atoms with van der Waals surface area (Å²) in [4.78, 5) is 11.8. The molecule has 1 heterocycles. The van der Waals surface area contributed by atoms with Gasteiger partial charge in [0.05, 0.1) is 12.2 Å². The van der Waals surface area contributed by atoms with Gasteiger partial charge in [0.25, 0.3) is 0 Å². The quantitative estimate of drug-likeness (QED) is 0.725. The molecule has 88 valence electrons. The molecule has 0 aliphatic carbocycles. The van der Waals surface area contributed by atoms with Crippen molar-refractivity contribution in [3.63, 3.8) is 0 Å². The first-order valence-electron chi connectivity index (χ1n) is 5.67. The van der Waals surface area contributed by atoms with E-state index in [0.29, 0.717) is 6.54 Å². The van der Waals surface area contributed by atoms with Crippen molar-refractivity contribution in [2.45, 2.75) is 51.9 Å². The van der Waals surface area contributed by atoms with E-state index in [2.05, 4.69) is 5.32 Å². The molecule has 1 rings (SSSR count). The van der Waals surface area contributed by atoms with Crippen LogP contribution in [0, 0.1) is 5.92 Å². The van der Waals surface area contributed by atoms with E-state index in [4.69, 9.17) is 10.5 Å². The summed E-state index contributed by atoms with van der Waals surface area (Å²) < 4.78 is 5.59. The molecule has 3 atom stereocenters. The van der Waals surface area contributed by atoms with Gasteiger partial charge in [-0.25, -0.2) is 0 Å². The molecule has 1 saturated heterocycles. The van der Waals surface area contributed by atoms with Gasteiger partial charge >= 0.3 is 0 Å². The average molecular weight is 214 g/mol. The molecular formula is C11H22N2O2. The number of amides is 1. The smallest absolute Gasteiger partial charge is 0.223 e. The summed E-state index contributed by atoms with van der Waals surface area (Å²) in [6.45, 7) is 6.47. The second-order valence-electron chi connectivity index (χ2n) is 4.65. The van der Waals surface area contributed by atoms with Crippen molar-refractivity contribution in [3.8, 4) is 0 Å². The van der Waals surface area contributed by atoms with E-state index < -0.39 is 0 Å². The van der Waals surface area contributed by atoms with E-state index in [9.17, 15) is 4.79 Å². The van der Waals surface area contributed by atoms with Gasteiger partial charge in [0, 0.05) is 18.5 Å². The summed E-state index contributed by atoms with van der Waals surface area (Å²) in [5.41, 5.74) is 5.59. The van der Waals surface area contributed by atoms with Crippen LogP contribution in [0.2, 0.25) is 0 Å². The third kappa shape index (κ3) is 4.18. The highest BCUT2D eigenvalue weighted by atomic mass is 16.5. The number of hydrogen-bond acceptors (Lipinski definition) is 3. The van der Waals surface area contributed by atoms with Crippen LogP contribution in [0.5, 0.6) is 0 Å². The van der Waals surface area contributed by atoms with Crippen molar-refractivity contribution >= 4 is 5.91 Å². The minimum atomic E-state index is 0.0173. The number of carbonyl (C=O) groups is 1. The topological polar surface area (TPSA) is 64.3 Å². The Hall–Kier alpha value is -0.610. The van der Waals surface area contributed by atoms with Gasteiger partial charge < -0.3 is 15.8 Å². The molecule has 3 N–H and O–H groups in total. The van der Waals surface area contributed by atoms with Crippen LogP contribution in [-0.4, -0.2) is 30.7 Å². The highest BCUT2D eigenvalue weighted by Gasteiger charge is 2.29. The number of hydrogen-bond donors (Lipinski definition) is 2. The molecule has 0 bridgehead atoms. The second kappa shape index (κ2) is 5.47. The third-order valence-electron chi connectivity index (χ3n) is 2.67. The monoisotopic (exact) mass is 214 g/mol. The fourth-order valence-corrected chi connectivity index (χ4v) is 2.03. The van der Waals surface area contributed by atoms with Gasteiger partial charge in [-0.05, 0) is 33.6 Å². The van der Waals surface area contributed by atoms with Gasteiger partial charge in [-0.1, -0.05) is 0 Å². The number of nitrogens with one attached hydrogen (secondary N) is 1. The summed E-state index contributed by atoms with van der Waals surface area (Å²) in [6, 6.07) is 0.0173. The maximum Gasteiger partial charge on any atom is 0.223 e. The summed E-state index contributed by atoms with van der Waals surface area (Å²) in [6.07, 6.45) is 1.99. The lowest BCUT2D eigenvalue weighted by Crippen LogP contribution is -2.42. The number of rotatable bonds is 3. The summed E-state index contributed by atoms with van der Waals surface area (Å²) in [5.74, 6) is 0.205. The second-order valence-corrected chi connectivity index (χ2v) is 4.65. The molecule has 0 spiro atoms. The Morgan fingerprint density at radius 2 is 2.00 bits per heavy atom. The standard InChI is InChI=1S/C11H22N2O2/c1-7(12)6-13-11(14)10-4-8(2)15-9(3)5-10/h7-10H,4-6,12H2,1-3H3,(H,13,14). The van der Waals surface area contributed by atoms with Crippen LogP contribution in [0.4, 0.5) is 0 Å². The van der Waals surface area contributed by atoms with E-state index in [-0.39, 0.29) is 30.1 Å². The highest BCUT2D eigenvalue weighted by Crippen LogP contribution is 2.24. The molecule has 0 radical (unpaired) electrons. The minimum absolute atomic E-state index is 0.0173. The molecule has 4 nitrogen and oxygen atoms in total. The highest BCUT2D eigenvalue weighted by molar-refractivity contribution is 5.78. The van der Waals surface area contributed by atoms with E-state index in [1.807, 2.05) is 20.8 Å². The van der Waals surface area contributed by atoms with Gasteiger partial charge in [0.1, 0.15) is 0 Å². The summed E-state index contributed by atoms with van der Waals surface area (Å²) in [5, 5.41) is 2.87. The van der Waals surface area contributed by atoms with Crippen molar-refractivity contribution in [2.75, 3.05) is 6.54 Å². The molecule has 0 aromatic rings. The number of ether oxygens (including phenoxy) is 1. The maximum absolute atomic E-state index is 11.8. The Balaban J connectivity index is 2.38. The van der Waals surface area contributed by atoms with Crippen LogP contribution in [0.1, 0.15) is 33.6 Å². The maximum atomic E-state index is 11.8. The van der Waals surface area contributed by atoms with Crippen LogP contribution in [0.25, 0.3) is 0 Å². The molecule has 4 heteroatoms. The fourth-order valence-electron chi connectivity index (χ4n) is 2.03. The first-order valence-corrected chi connectivity index (χ1v) is 5.67. The van der Waals surface area contributed by atoms with E-state index in [1.165, 1.54) is 0 Å².